The fourth-order valence-electron chi connectivity index (χ4n) is 6.20. The normalized spacial score (nSPS) is 19.0. The first-order chi connectivity index (χ1) is 21.7. The van der Waals surface area contributed by atoms with Crippen molar-refractivity contribution in [3.63, 3.8) is 0 Å². The second-order valence-electron chi connectivity index (χ2n) is 11.7. The largest absolute Gasteiger partial charge is 0.468 e. The number of rotatable bonds is 9. The van der Waals surface area contributed by atoms with Crippen molar-refractivity contribution in [2.75, 3.05) is 39.1 Å². The summed E-state index contributed by atoms with van der Waals surface area (Å²) in [6, 6.07) is 13.5. The first-order valence-electron chi connectivity index (χ1n) is 15.1. The third-order valence-corrected chi connectivity index (χ3v) is 11.6. The quantitative estimate of drug-likeness (QED) is 0.260. The molecule has 0 spiro atoms. The minimum absolute atomic E-state index is 0.0149. The number of ether oxygens (including phenoxy) is 1. The van der Waals surface area contributed by atoms with Gasteiger partial charge >= 0.3 is 5.97 Å². The Kier molecular flexibility index (Phi) is 9.22. The summed E-state index contributed by atoms with van der Waals surface area (Å²) in [5, 5.41) is 3.50. The molecule has 1 aliphatic heterocycles. The lowest BCUT2D eigenvalue weighted by Gasteiger charge is -2.36. The van der Waals surface area contributed by atoms with Crippen LogP contribution in [0.25, 0.3) is 21.6 Å². The SMILES string of the molecule is COC(=O)C1CN(S(=O)(=O)c2ccc(C(CC3CCCC3)C(=O)Nc3nc4ccc(-c5ccncc5)nc4s3)cc2)CCN1C. The number of carbonyl (C=O) groups excluding carboxylic acids is 2. The number of nitrogens with zero attached hydrogens (tertiary/aromatic N) is 5. The lowest BCUT2D eigenvalue weighted by molar-refractivity contribution is -0.147. The van der Waals surface area contributed by atoms with Crippen LogP contribution in [0.5, 0.6) is 0 Å². The summed E-state index contributed by atoms with van der Waals surface area (Å²) in [6.45, 7) is 0.690. The van der Waals surface area contributed by atoms with Crippen molar-refractivity contribution in [2.24, 2.45) is 5.92 Å². The third kappa shape index (κ3) is 6.76. The minimum atomic E-state index is -3.85. The van der Waals surface area contributed by atoms with Crippen LogP contribution in [0.1, 0.15) is 43.6 Å². The number of fused-ring (bicyclic) bond motifs is 1. The molecule has 0 bridgehead atoms. The van der Waals surface area contributed by atoms with Crippen molar-refractivity contribution in [3.05, 3.63) is 66.5 Å². The monoisotopic (exact) mass is 648 g/mol. The van der Waals surface area contributed by atoms with Gasteiger partial charge in [0.25, 0.3) is 0 Å². The molecule has 1 aliphatic carbocycles. The highest BCUT2D eigenvalue weighted by molar-refractivity contribution is 7.89. The van der Waals surface area contributed by atoms with Gasteiger partial charge in [-0.3, -0.25) is 19.5 Å². The highest BCUT2D eigenvalue weighted by Gasteiger charge is 2.37. The Balaban J connectivity index is 1.21. The second kappa shape index (κ2) is 13.3. The molecule has 1 aromatic carbocycles. The van der Waals surface area contributed by atoms with E-state index in [2.05, 4.69) is 15.3 Å². The van der Waals surface area contributed by atoms with Gasteiger partial charge in [0.1, 0.15) is 16.4 Å². The number of methoxy groups -OCH3 is 1. The number of piperazine rings is 1. The van der Waals surface area contributed by atoms with Crippen LogP contribution >= 0.6 is 11.3 Å². The van der Waals surface area contributed by atoms with Crippen LogP contribution in [-0.2, 0) is 24.3 Å². The second-order valence-corrected chi connectivity index (χ2v) is 14.6. The molecule has 236 valence electrons. The number of carbonyl (C=O) groups is 2. The molecule has 0 radical (unpaired) electrons. The van der Waals surface area contributed by atoms with Crippen molar-refractivity contribution in [2.45, 2.75) is 49.0 Å². The molecule has 45 heavy (non-hydrogen) atoms. The van der Waals surface area contributed by atoms with E-state index in [4.69, 9.17) is 9.72 Å². The number of sulfonamides is 1. The minimum Gasteiger partial charge on any atom is -0.468 e. The van der Waals surface area contributed by atoms with E-state index in [0.717, 1.165) is 47.3 Å². The van der Waals surface area contributed by atoms with Crippen molar-refractivity contribution < 1.29 is 22.7 Å². The van der Waals surface area contributed by atoms with Crippen LogP contribution in [0, 0.1) is 5.92 Å². The summed E-state index contributed by atoms with van der Waals surface area (Å²) < 4.78 is 33.3. The zero-order valence-corrected chi connectivity index (χ0v) is 26.9. The lowest BCUT2D eigenvalue weighted by atomic mass is 9.87. The summed E-state index contributed by atoms with van der Waals surface area (Å²) in [6.07, 6.45) is 8.56. The Hall–Kier alpha value is -3.78. The van der Waals surface area contributed by atoms with E-state index >= 15 is 0 Å². The van der Waals surface area contributed by atoms with Crippen LogP contribution in [0.15, 0.2) is 65.8 Å². The molecular weight excluding hydrogens is 613 g/mol. The molecule has 1 amide bonds. The molecule has 4 aromatic rings. The maximum absolute atomic E-state index is 13.8. The van der Waals surface area contributed by atoms with Gasteiger partial charge in [-0.2, -0.15) is 4.31 Å². The Morgan fingerprint density at radius 1 is 1.02 bits per heavy atom. The van der Waals surface area contributed by atoms with Crippen LogP contribution in [0.4, 0.5) is 5.13 Å². The molecule has 11 nitrogen and oxygen atoms in total. The molecule has 1 saturated heterocycles. The maximum atomic E-state index is 13.8. The van der Waals surface area contributed by atoms with E-state index < -0.39 is 28.0 Å². The van der Waals surface area contributed by atoms with Gasteiger partial charge in [0.2, 0.25) is 15.9 Å². The Morgan fingerprint density at radius 3 is 2.47 bits per heavy atom. The summed E-state index contributed by atoms with van der Waals surface area (Å²) in [5.41, 5.74) is 3.21. The number of esters is 1. The van der Waals surface area contributed by atoms with Crippen molar-refractivity contribution >= 4 is 48.7 Å². The zero-order chi connectivity index (χ0) is 31.6. The number of hydrogen-bond acceptors (Lipinski definition) is 10. The molecule has 2 aliphatic rings. The number of likely N-dealkylation sites (N-methyl/N-ethyl adjacent to an activating group) is 1. The number of anilines is 1. The van der Waals surface area contributed by atoms with Gasteiger partial charge < -0.3 is 10.1 Å². The van der Waals surface area contributed by atoms with E-state index in [1.54, 1.807) is 48.6 Å². The lowest BCUT2D eigenvalue weighted by Crippen LogP contribution is -2.56. The van der Waals surface area contributed by atoms with E-state index in [0.29, 0.717) is 29.5 Å². The predicted octanol–water partition coefficient (Wildman–Crippen LogP) is 4.53. The number of nitrogens with one attached hydrogen (secondary N) is 1. The first kappa shape index (κ1) is 31.2. The Morgan fingerprint density at radius 2 is 1.76 bits per heavy atom. The molecule has 3 aromatic heterocycles. The molecule has 6 rings (SSSR count). The zero-order valence-electron chi connectivity index (χ0n) is 25.3. The van der Waals surface area contributed by atoms with Gasteiger partial charge in [0.05, 0.1) is 23.6 Å². The molecule has 13 heteroatoms. The molecule has 2 fully saturated rings. The summed E-state index contributed by atoms with van der Waals surface area (Å²) in [7, 11) is -0.775. The Bertz CT molecular complexity index is 1770. The van der Waals surface area contributed by atoms with Crippen molar-refractivity contribution in [1.29, 1.82) is 0 Å². The van der Waals surface area contributed by atoms with Crippen LogP contribution in [0.3, 0.4) is 0 Å². The number of benzene rings is 1. The van der Waals surface area contributed by atoms with Gasteiger partial charge in [-0.25, -0.2) is 18.4 Å². The van der Waals surface area contributed by atoms with Crippen LogP contribution in [-0.4, -0.2) is 84.3 Å². The number of thiazole rings is 1. The predicted molar refractivity (Wildman–Crippen MR) is 172 cm³/mol. The summed E-state index contributed by atoms with van der Waals surface area (Å²) >= 11 is 1.32. The van der Waals surface area contributed by atoms with Gasteiger partial charge in [-0.15, -0.1) is 0 Å². The summed E-state index contributed by atoms with van der Waals surface area (Å²) in [5.74, 6) is -0.688. The smallest absolute Gasteiger partial charge is 0.324 e. The van der Waals surface area contributed by atoms with Crippen LogP contribution in [0.2, 0.25) is 0 Å². The number of amides is 1. The molecule has 2 atom stereocenters. The molecule has 2 unspecified atom stereocenters. The molecular formula is C32H36N6O5S2. The number of aromatic nitrogens is 3. The number of pyridine rings is 2. The van der Waals surface area contributed by atoms with Crippen molar-refractivity contribution in [3.8, 4) is 11.3 Å². The topological polar surface area (TPSA) is 135 Å². The highest BCUT2D eigenvalue weighted by atomic mass is 32.2. The van der Waals surface area contributed by atoms with Gasteiger partial charge in [0.15, 0.2) is 5.13 Å². The van der Waals surface area contributed by atoms with Crippen molar-refractivity contribution in [1.82, 2.24) is 24.2 Å². The fraction of sp³-hybridized carbons (Fsp3) is 0.406. The molecule has 1 N–H and O–H groups in total. The van der Waals surface area contributed by atoms with Gasteiger partial charge in [-0.1, -0.05) is 49.2 Å². The van der Waals surface area contributed by atoms with E-state index in [9.17, 15) is 18.0 Å². The standard InChI is InChI=1S/C32H36N6O5S2/c1-37-17-18-38(20-28(37)31(40)43-2)45(41,42)24-9-7-22(8-10-24)25(19-21-5-3-4-6-21)29(39)36-32-35-27-12-11-26(34-30(27)44-32)23-13-15-33-16-14-23/h7-16,21,25,28H,3-6,17-20H2,1-2H3,(H,35,36,39). The van der Waals surface area contributed by atoms with E-state index in [-0.39, 0.29) is 23.9 Å². The van der Waals surface area contributed by atoms with Gasteiger partial charge in [-0.05, 0) is 61.3 Å². The maximum Gasteiger partial charge on any atom is 0.324 e. The highest BCUT2D eigenvalue weighted by Crippen LogP contribution is 2.36. The Labute approximate surface area is 266 Å². The average Bonchev–Trinajstić information content (AvgIpc) is 3.73. The average molecular weight is 649 g/mol. The first-order valence-corrected chi connectivity index (χ1v) is 17.4. The van der Waals surface area contributed by atoms with E-state index in [1.165, 1.54) is 22.8 Å². The van der Waals surface area contributed by atoms with Gasteiger partial charge in [0, 0.05) is 37.6 Å². The third-order valence-electron chi connectivity index (χ3n) is 8.83. The molecule has 1 saturated carbocycles. The molecule has 4 heterocycles. The van der Waals surface area contributed by atoms with E-state index in [1.807, 2.05) is 24.3 Å². The fourth-order valence-corrected chi connectivity index (χ4v) is 8.48. The van der Waals surface area contributed by atoms with Crippen LogP contribution < -0.4 is 5.32 Å². The number of hydrogen-bond donors (Lipinski definition) is 1. The summed E-state index contributed by atoms with van der Waals surface area (Å²) in [4.78, 5) is 42.1.